The van der Waals surface area contributed by atoms with Crippen LogP contribution in [0, 0.1) is 0 Å². The molecule has 1 atom stereocenters. The molecule has 0 aliphatic carbocycles. The fourth-order valence-corrected chi connectivity index (χ4v) is 0.945. The van der Waals surface area contributed by atoms with E-state index < -0.39 is 0 Å². The van der Waals surface area contributed by atoms with Gasteiger partial charge >= 0.3 is 0 Å². The third kappa shape index (κ3) is 2.32. The van der Waals surface area contributed by atoms with E-state index in [1.54, 1.807) is 4.68 Å². The van der Waals surface area contributed by atoms with Gasteiger partial charge in [0.15, 0.2) is 0 Å². The maximum absolute atomic E-state index is 5.24. The second-order valence-corrected chi connectivity index (χ2v) is 2.75. The molecule has 1 heterocycles. The van der Waals surface area contributed by atoms with Crippen molar-refractivity contribution < 1.29 is 0 Å². The normalized spacial score (nSPS) is 13.4. The van der Waals surface area contributed by atoms with Crippen molar-refractivity contribution in [2.24, 2.45) is 12.9 Å². The molecule has 0 saturated heterocycles. The van der Waals surface area contributed by atoms with Crippen LogP contribution < -0.4 is 11.3 Å². The number of hydrogen-bond acceptors (Lipinski definition) is 3. The van der Waals surface area contributed by atoms with Gasteiger partial charge in [0.2, 0.25) is 0 Å². The Hall–Kier alpha value is -0.870. The van der Waals surface area contributed by atoms with E-state index in [4.69, 9.17) is 5.84 Å². The highest BCUT2D eigenvalue weighted by Gasteiger charge is 2.02. The first kappa shape index (κ1) is 8.23. The molecule has 0 aromatic carbocycles. The Bertz CT molecular complexity index is 218. The molecular weight excluding hydrogens is 140 g/mol. The van der Waals surface area contributed by atoms with Crippen LogP contribution >= 0.6 is 0 Å². The monoisotopic (exact) mass is 154 g/mol. The molecule has 0 amide bonds. The second-order valence-electron chi connectivity index (χ2n) is 2.75. The molecule has 0 aliphatic heterocycles. The van der Waals surface area contributed by atoms with Gasteiger partial charge in [-0.05, 0) is 13.0 Å². The van der Waals surface area contributed by atoms with Crippen LogP contribution in [0.5, 0.6) is 0 Å². The molecule has 62 valence electrons. The molecule has 11 heavy (non-hydrogen) atoms. The van der Waals surface area contributed by atoms with Gasteiger partial charge in [0, 0.05) is 25.7 Å². The number of rotatable bonds is 3. The summed E-state index contributed by atoms with van der Waals surface area (Å²) in [5.41, 5.74) is 3.74. The molecule has 1 rings (SSSR count). The van der Waals surface area contributed by atoms with Crippen molar-refractivity contribution in [2.45, 2.75) is 19.4 Å². The summed E-state index contributed by atoms with van der Waals surface area (Å²) in [6.45, 7) is 2.02. The minimum absolute atomic E-state index is 0.282. The topological polar surface area (TPSA) is 55.9 Å². The first-order valence-corrected chi connectivity index (χ1v) is 3.67. The summed E-state index contributed by atoms with van der Waals surface area (Å²) in [5.74, 6) is 5.24. The molecule has 0 aliphatic rings. The molecule has 0 fully saturated rings. The van der Waals surface area contributed by atoms with Crippen molar-refractivity contribution in [3.05, 3.63) is 18.0 Å². The van der Waals surface area contributed by atoms with Gasteiger partial charge in [-0.25, -0.2) is 0 Å². The number of nitrogens with zero attached hydrogens (tertiary/aromatic N) is 2. The highest BCUT2D eigenvalue weighted by Crippen LogP contribution is 1.97. The largest absolute Gasteiger partial charge is 0.276 e. The van der Waals surface area contributed by atoms with Crippen LogP contribution in [-0.2, 0) is 13.5 Å². The second kappa shape index (κ2) is 3.50. The molecule has 0 saturated carbocycles. The predicted octanol–water partition coefficient (Wildman–Crippen LogP) is -0.186. The molecule has 0 bridgehead atoms. The standard InChI is InChI=1S/C7H14N4/c1-6(9-8)5-7-3-4-11(2)10-7/h3-4,6,9H,5,8H2,1-2H3. The molecule has 0 spiro atoms. The van der Waals surface area contributed by atoms with Crippen molar-refractivity contribution >= 4 is 0 Å². The fourth-order valence-electron chi connectivity index (χ4n) is 0.945. The average Bonchev–Trinajstić information content (AvgIpc) is 2.35. The zero-order chi connectivity index (χ0) is 8.27. The van der Waals surface area contributed by atoms with Gasteiger partial charge in [-0.1, -0.05) is 0 Å². The van der Waals surface area contributed by atoms with Crippen molar-refractivity contribution in [3.63, 3.8) is 0 Å². The maximum Gasteiger partial charge on any atom is 0.0640 e. The number of hydrogen-bond donors (Lipinski definition) is 2. The van der Waals surface area contributed by atoms with E-state index in [0.717, 1.165) is 12.1 Å². The Labute approximate surface area is 66.4 Å². The number of hydrazine groups is 1. The van der Waals surface area contributed by atoms with Crippen LogP contribution in [0.3, 0.4) is 0 Å². The molecule has 1 unspecified atom stereocenters. The highest BCUT2D eigenvalue weighted by atomic mass is 15.3. The third-order valence-corrected chi connectivity index (χ3v) is 1.57. The molecule has 0 radical (unpaired) electrons. The highest BCUT2D eigenvalue weighted by molar-refractivity contribution is 5.00. The van der Waals surface area contributed by atoms with Crippen molar-refractivity contribution in [1.29, 1.82) is 0 Å². The number of nitrogens with two attached hydrogens (primary N) is 1. The fraction of sp³-hybridized carbons (Fsp3) is 0.571. The van der Waals surface area contributed by atoms with Crippen LogP contribution in [0.2, 0.25) is 0 Å². The Balaban J connectivity index is 2.50. The van der Waals surface area contributed by atoms with E-state index in [2.05, 4.69) is 10.5 Å². The van der Waals surface area contributed by atoms with Crippen molar-refractivity contribution in [3.8, 4) is 0 Å². The summed E-state index contributed by atoms with van der Waals surface area (Å²) in [4.78, 5) is 0. The minimum Gasteiger partial charge on any atom is -0.276 e. The first-order chi connectivity index (χ1) is 5.22. The Morgan fingerprint density at radius 2 is 2.55 bits per heavy atom. The zero-order valence-electron chi connectivity index (χ0n) is 6.91. The van der Waals surface area contributed by atoms with E-state index in [1.165, 1.54) is 0 Å². The molecule has 4 heteroatoms. The molecule has 1 aromatic heterocycles. The number of nitrogens with one attached hydrogen (secondary N) is 1. The minimum atomic E-state index is 0.282. The lowest BCUT2D eigenvalue weighted by atomic mass is 10.2. The summed E-state index contributed by atoms with van der Waals surface area (Å²) < 4.78 is 1.79. The molecule has 3 N–H and O–H groups in total. The summed E-state index contributed by atoms with van der Waals surface area (Å²) in [6.07, 6.45) is 2.80. The van der Waals surface area contributed by atoms with E-state index in [9.17, 15) is 0 Å². The van der Waals surface area contributed by atoms with Crippen molar-refractivity contribution in [1.82, 2.24) is 15.2 Å². The lowest BCUT2D eigenvalue weighted by molar-refractivity contribution is 0.556. The van der Waals surface area contributed by atoms with Crippen LogP contribution in [0.4, 0.5) is 0 Å². The third-order valence-electron chi connectivity index (χ3n) is 1.57. The molecule has 1 aromatic rings. The van der Waals surface area contributed by atoms with Gasteiger partial charge in [-0.15, -0.1) is 0 Å². The van der Waals surface area contributed by atoms with Gasteiger partial charge in [0.25, 0.3) is 0 Å². The van der Waals surface area contributed by atoms with E-state index in [1.807, 2.05) is 26.2 Å². The van der Waals surface area contributed by atoms with E-state index in [-0.39, 0.29) is 6.04 Å². The quantitative estimate of drug-likeness (QED) is 0.469. The number of aromatic nitrogens is 2. The van der Waals surface area contributed by atoms with Gasteiger partial charge in [-0.2, -0.15) is 5.10 Å². The zero-order valence-corrected chi connectivity index (χ0v) is 6.91. The summed E-state index contributed by atoms with van der Waals surface area (Å²) in [5, 5.41) is 4.22. The summed E-state index contributed by atoms with van der Waals surface area (Å²) in [7, 11) is 1.91. The van der Waals surface area contributed by atoms with Crippen molar-refractivity contribution in [2.75, 3.05) is 0 Å². The Kier molecular flexibility index (Phi) is 2.62. The van der Waals surface area contributed by atoms with Gasteiger partial charge in [0.1, 0.15) is 0 Å². The Morgan fingerprint density at radius 1 is 1.82 bits per heavy atom. The number of aryl methyl sites for hydroxylation is 1. The summed E-state index contributed by atoms with van der Waals surface area (Å²) >= 11 is 0. The van der Waals surface area contributed by atoms with Gasteiger partial charge < -0.3 is 0 Å². The lowest BCUT2D eigenvalue weighted by Gasteiger charge is -2.05. The van der Waals surface area contributed by atoms with E-state index in [0.29, 0.717) is 0 Å². The van der Waals surface area contributed by atoms with Gasteiger partial charge in [0.05, 0.1) is 5.69 Å². The van der Waals surface area contributed by atoms with Gasteiger partial charge in [-0.3, -0.25) is 16.0 Å². The van der Waals surface area contributed by atoms with Crippen LogP contribution in [-0.4, -0.2) is 15.8 Å². The van der Waals surface area contributed by atoms with E-state index >= 15 is 0 Å². The predicted molar refractivity (Wildman–Crippen MR) is 43.7 cm³/mol. The molecular formula is C7H14N4. The first-order valence-electron chi connectivity index (χ1n) is 3.67. The lowest BCUT2D eigenvalue weighted by Crippen LogP contribution is -2.34. The molecule has 4 nitrogen and oxygen atoms in total. The smallest absolute Gasteiger partial charge is 0.0640 e. The van der Waals surface area contributed by atoms with Crippen LogP contribution in [0.15, 0.2) is 12.3 Å². The van der Waals surface area contributed by atoms with Crippen LogP contribution in [0.1, 0.15) is 12.6 Å². The SMILES string of the molecule is CC(Cc1ccn(C)n1)NN. The Morgan fingerprint density at radius 3 is 3.00 bits per heavy atom. The summed E-state index contributed by atoms with van der Waals surface area (Å²) in [6, 6.07) is 2.28. The maximum atomic E-state index is 5.24. The average molecular weight is 154 g/mol. The van der Waals surface area contributed by atoms with Crippen LogP contribution in [0.25, 0.3) is 0 Å².